The van der Waals surface area contributed by atoms with E-state index in [1.165, 1.54) is 0 Å². The van der Waals surface area contributed by atoms with Gasteiger partial charge in [0.25, 0.3) is 0 Å². The largest absolute Gasteiger partial charge is 0.462 e. The molecule has 1 aromatic heterocycles. The van der Waals surface area contributed by atoms with E-state index in [9.17, 15) is 9.59 Å². The van der Waals surface area contributed by atoms with Gasteiger partial charge in [0.05, 0.1) is 31.0 Å². The first-order valence-electron chi connectivity index (χ1n) is 11.1. The summed E-state index contributed by atoms with van der Waals surface area (Å²) >= 11 is 1.70. The van der Waals surface area contributed by atoms with Crippen LogP contribution in [0, 0.1) is 0 Å². The minimum absolute atomic E-state index is 0.0558. The van der Waals surface area contributed by atoms with Gasteiger partial charge in [0.15, 0.2) is 0 Å². The Morgan fingerprint density at radius 3 is 2.39 bits per heavy atom. The molecule has 0 bridgehead atoms. The highest BCUT2D eigenvalue weighted by Crippen LogP contribution is 2.22. The Morgan fingerprint density at radius 2 is 1.70 bits per heavy atom. The number of piperazine rings is 1. The van der Waals surface area contributed by atoms with Gasteiger partial charge in [-0.15, -0.1) is 11.3 Å². The maximum absolute atomic E-state index is 12.4. The van der Waals surface area contributed by atoms with Crippen molar-refractivity contribution in [3.8, 4) is 11.3 Å². The average molecular weight is 465 g/mol. The van der Waals surface area contributed by atoms with Gasteiger partial charge in [-0.05, 0) is 31.2 Å². The van der Waals surface area contributed by atoms with Gasteiger partial charge in [-0.1, -0.05) is 30.3 Å². The molecule has 172 valence electrons. The number of esters is 1. The highest BCUT2D eigenvalue weighted by Gasteiger charge is 2.20. The molecule has 1 N–H and O–H groups in total. The Morgan fingerprint density at radius 1 is 1.00 bits per heavy atom. The van der Waals surface area contributed by atoms with E-state index >= 15 is 0 Å². The number of carbonyl (C=O) groups excluding carboxylic acids is 2. The van der Waals surface area contributed by atoms with Crippen LogP contribution in [0.2, 0.25) is 0 Å². The van der Waals surface area contributed by atoms with E-state index in [-0.39, 0.29) is 11.9 Å². The normalized spacial score (nSPS) is 14.7. The van der Waals surface area contributed by atoms with E-state index in [1.807, 2.05) is 18.2 Å². The smallest absolute Gasteiger partial charge is 0.338 e. The summed E-state index contributed by atoms with van der Waals surface area (Å²) in [5, 5.41) is 6.13. The summed E-state index contributed by atoms with van der Waals surface area (Å²) in [5.74, 6) is -0.415. The van der Waals surface area contributed by atoms with E-state index in [0.717, 1.165) is 49.0 Å². The van der Waals surface area contributed by atoms with Gasteiger partial charge in [-0.2, -0.15) is 0 Å². The van der Waals surface area contributed by atoms with Crippen LogP contribution in [0.1, 0.15) is 22.3 Å². The van der Waals surface area contributed by atoms with E-state index in [1.54, 1.807) is 42.5 Å². The Labute approximate surface area is 198 Å². The minimum Gasteiger partial charge on any atom is -0.462 e. The molecule has 33 heavy (non-hydrogen) atoms. The van der Waals surface area contributed by atoms with Gasteiger partial charge in [0.1, 0.15) is 5.01 Å². The van der Waals surface area contributed by atoms with E-state index in [2.05, 4.69) is 32.6 Å². The first kappa shape index (κ1) is 23.1. The highest BCUT2D eigenvalue weighted by atomic mass is 32.1. The predicted molar refractivity (Wildman–Crippen MR) is 130 cm³/mol. The Balaban J connectivity index is 1.20. The van der Waals surface area contributed by atoms with Crippen LogP contribution >= 0.6 is 11.3 Å². The number of thiazole rings is 1. The Kier molecular flexibility index (Phi) is 7.83. The number of hydrogen-bond acceptors (Lipinski definition) is 7. The van der Waals surface area contributed by atoms with Crippen molar-refractivity contribution >= 4 is 28.9 Å². The fourth-order valence-corrected chi connectivity index (χ4v) is 4.57. The lowest BCUT2D eigenvalue weighted by Gasteiger charge is -2.33. The summed E-state index contributed by atoms with van der Waals surface area (Å²) in [5.41, 5.74) is 3.32. The van der Waals surface area contributed by atoms with E-state index in [4.69, 9.17) is 9.72 Å². The van der Waals surface area contributed by atoms with Gasteiger partial charge >= 0.3 is 5.97 Å². The van der Waals surface area contributed by atoms with Crippen LogP contribution in [0.4, 0.5) is 5.69 Å². The van der Waals surface area contributed by atoms with Gasteiger partial charge in [-0.25, -0.2) is 9.78 Å². The molecule has 0 atom stereocenters. The molecular formula is C25H28N4O3S. The topological polar surface area (TPSA) is 74.8 Å². The molecule has 4 rings (SSSR count). The second-order valence-electron chi connectivity index (χ2n) is 7.89. The molecule has 7 nitrogen and oxygen atoms in total. The number of amides is 1. The number of aromatic nitrogens is 1. The third kappa shape index (κ3) is 6.47. The number of ether oxygens (including phenoxy) is 1. The molecule has 0 aliphatic carbocycles. The number of hydrogen-bond donors (Lipinski definition) is 1. The number of nitrogens with one attached hydrogen (secondary N) is 1. The lowest BCUT2D eigenvalue weighted by molar-refractivity contribution is -0.117. The maximum Gasteiger partial charge on any atom is 0.338 e. The zero-order chi connectivity index (χ0) is 23.0. The Bertz CT molecular complexity index is 1060. The molecule has 1 aliphatic rings. The van der Waals surface area contributed by atoms with Crippen molar-refractivity contribution in [3.05, 3.63) is 70.5 Å². The SMILES string of the molecule is CCOC(=O)c1ccc(NC(=O)CN2CCN(Cc3nc(-c4ccccc4)cs3)CC2)cc1. The fourth-order valence-electron chi connectivity index (χ4n) is 3.73. The highest BCUT2D eigenvalue weighted by molar-refractivity contribution is 7.09. The first-order valence-corrected chi connectivity index (χ1v) is 12.0. The molecule has 2 heterocycles. The van der Waals surface area contributed by atoms with Crippen molar-refractivity contribution in [2.24, 2.45) is 0 Å². The first-order chi connectivity index (χ1) is 16.1. The fraction of sp³-hybridized carbons (Fsp3) is 0.320. The van der Waals surface area contributed by atoms with Crippen molar-refractivity contribution in [2.45, 2.75) is 13.5 Å². The lowest BCUT2D eigenvalue weighted by Crippen LogP contribution is -2.48. The molecule has 0 radical (unpaired) electrons. The molecule has 1 saturated heterocycles. The second kappa shape index (κ2) is 11.2. The van der Waals surface area contributed by atoms with Gasteiger partial charge in [0, 0.05) is 42.8 Å². The van der Waals surface area contributed by atoms with Gasteiger partial charge in [0.2, 0.25) is 5.91 Å². The van der Waals surface area contributed by atoms with Crippen molar-refractivity contribution in [1.82, 2.24) is 14.8 Å². The third-order valence-corrected chi connectivity index (χ3v) is 6.33. The molecular weight excluding hydrogens is 436 g/mol. The zero-order valence-electron chi connectivity index (χ0n) is 18.7. The number of anilines is 1. The second-order valence-corrected chi connectivity index (χ2v) is 8.83. The summed E-state index contributed by atoms with van der Waals surface area (Å²) in [6.45, 7) is 6.78. The van der Waals surface area contributed by atoms with Crippen LogP contribution in [0.5, 0.6) is 0 Å². The van der Waals surface area contributed by atoms with Gasteiger partial charge < -0.3 is 10.1 Å². The molecule has 0 unspecified atom stereocenters. The predicted octanol–water partition coefficient (Wildman–Crippen LogP) is 3.74. The van der Waals surface area contributed by atoms with Crippen LogP contribution in [0.25, 0.3) is 11.3 Å². The van der Waals surface area contributed by atoms with Crippen LogP contribution in [0.3, 0.4) is 0 Å². The van der Waals surface area contributed by atoms with Crippen molar-refractivity contribution in [2.75, 3.05) is 44.6 Å². The number of rotatable bonds is 8. The maximum atomic E-state index is 12.4. The minimum atomic E-state index is -0.359. The summed E-state index contributed by atoms with van der Waals surface area (Å²) in [6.07, 6.45) is 0. The molecule has 3 aromatic rings. The third-order valence-electron chi connectivity index (χ3n) is 5.49. The van der Waals surface area contributed by atoms with Crippen molar-refractivity contribution < 1.29 is 14.3 Å². The summed E-state index contributed by atoms with van der Waals surface area (Å²) in [7, 11) is 0. The monoisotopic (exact) mass is 464 g/mol. The van der Waals surface area contributed by atoms with Crippen molar-refractivity contribution in [3.63, 3.8) is 0 Å². The van der Waals surface area contributed by atoms with E-state index in [0.29, 0.717) is 24.4 Å². The lowest BCUT2D eigenvalue weighted by atomic mass is 10.2. The quantitative estimate of drug-likeness (QED) is 0.512. The molecule has 1 fully saturated rings. The number of nitrogens with zero attached hydrogens (tertiary/aromatic N) is 3. The number of carbonyl (C=O) groups is 2. The molecule has 1 amide bonds. The van der Waals surface area contributed by atoms with Crippen LogP contribution in [-0.2, 0) is 16.1 Å². The zero-order valence-corrected chi connectivity index (χ0v) is 19.5. The summed E-state index contributed by atoms with van der Waals surface area (Å²) < 4.78 is 4.98. The summed E-state index contributed by atoms with van der Waals surface area (Å²) in [4.78, 5) is 33.5. The van der Waals surface area contributed by atoms with Crippen LogP contribution < -0.4 is 5.32 Å². The molecule has 0 saturated carbocycles. The molecule has 1 aliphatic heterocycles. The molecule has 8 heteroatoms. The standard InChI is InChI=1S/C25H28N4O3S/c1-2-32-25(31)20-8-10-21(11-9-20)26-23(30)16-28-12-14-29(15-13-28)17-24-27-22(18-33-24)19-6-4-3-5-7-19/h3-11,18H,2,12-17H2,1H3,(H,26,30). The number of benzene rings is 2. The van der Waals surface area contributed by atoms with E-state index < -0.39 is 0 Å². The average Bonchev–Trinajstić information content (AvgIpc) is 3.30. The molecule has 2 aromatic carbocycles. The van der Waals surface area contributed by atoms with Gasteiger partial charge in [-0.3, -0.25) is 14.6 Å². The Hall–Kier alpha value is -3.07. The summed E-state index contributed by atoms with van der Waals surface area (Å²) in [6, 6.07) is 17.0. The molecule has 0 spiro atoms. The van der Waals surface area contributed by atoms with Crippen LogP contribution in [0.15, 0.2) is 60.0 Å². The van der Waals surface area contributed by atoms with Crippen LogP contribution in [-0.4, -0.2) is 66.0 Å². The van der Waals surface area contributed by atoms with Crippen molar-refractivity contribution in [1.29, 1.82) is 0 Å².